The minimum atomic E-state index is -0.000623. The number of hydrogen-bond acceptors (Lipinski definition) is 4. The number of ketones is 1. The van der Waals surface area contributed by atoms with Crippen LogP contribution in [-0.2, 0) is 6.42 Å². The van der Waals surface area contributed by atoms with Gasteiger partial charge in [-0.25, -0.2) is 0 Å². The molecule has 30 heavy (non-hydrogen) atoms. The van der Waals surface area contributed by atoms with Crippen molar-refractivity contribution in [1.82, 2.24) is 5.32 Å². The van der Waals surface area contributed by atoms with E-state index in [0.29, 0.717) is 17.7 Å². The summed E-state index contributed by atoms with van der Waals surface area (Å²) in [7, 11) is 0. The highest BCUT2D eigenvalue weighted by Crippen LogP contribution is 2.29. The lowest BCUT2D eigenvalue weighted by Crippen LogP contribution is -2.36. The fraction of sp³-hybridized carbons (Fsp3) is 0.400. The van der Waals surface area contributed by atoms with Gasteiger partial charge in [-0.1, -0.05) is 25.1 Å². The first-order valence-corrected chi connectivity index (χ1v) is 10.4. The number of furan rings is 1. The molecule has 0 spiro atoms. The third-order valence-corrected chi connectivity index (χ3v) is 4.73. The van der Waals surface area contributed by atoms with Gasteiger partial charge in [0.1, 0.15) is 17.1 Å². The zero-order chi connectivity index (χ0) is 20.9. The Kier molecular flexibility index (Phi) is 8.51. The predicted octanol–water partition coefficient (Wildman–Crippen LogP) is 6.20. The second-order valence-corrected chi connectivity index (χ2v) is 8.38. The van der Waals surface area contributed by atoms with E-state index >= 15 is 0 Å². The normalized spacial score (nSPS) is 11.3. The van der Waals surface area contributed by atoms with Crippen molar-refractivity contribution in [3.05, 3.63) is 65.4 Å². The van der Waals surface area contributed by atoms with E-state index in [9.17, 15) is 4.79 Å². The maximum atomic E-state index is 13.2. The van der Waals surface area contributed by atoms with Crippen LogP contribution in [0.4, 0.5) is 0 Å². The van der Waals surface area contributed by atoms with Crippen LogP contribution in [0.15, 0.2) is 52.9 Å². The average molecular weight is 430 g/mol. The van der Waals surface area contributed by atoms with E-state index in [4.69, 9.17) is 9.15 Å². The zero-order valence-electron chi connectivity index (χ0n) is 18.3. The highest BCUT2D eigenvalue weighted by Gasteiger charge is 2.21. The molecule has 0 unspecified atom stereocenters. The van der Waals surface area contributed by atoms with Crippen molar-refractivity contribution in [3.63, 3.8) is 0 Å². The molecule has 0 atom stereocenters. The Morgan fingerprint density at radius 2 is 1.77 bits per heavy atom. The van der Waals surface area contributed by atoms with Crippen molar-refractivity contribution in [1.29, 1.82) is 0 Å². The average Bonchev–Trinajstić information content (AvgIpc) is 3.05. The molecule has 3 aromatic rings. The summed E-state index contributed by atoms with van der Waals surface area (Å²) in [5.41, 5.74) is 2.22. The number of fused-ring (bicyclic) bond motifs is 1. The van der Waals surface area contributed by atoms with Crippen LogP contribution in [0.3, 0.4) is 0 Å². The number of nitrogens with one attached hydrogen (secondary N) is 1. The number of hydrogen-bond donors (Lipinski definition) is 1. The van der Waals surface area contributed by atoms with Crippen molar-refractivity contribution >= 4 is 29.2 Å². The van der Waals surface area contributed by atoms with Crippen molar-refractivity contribution in [2.24, 2.45) is 0 Å². The van der Waals surface area contributed by atoms with Crippen LogP contribution in [0.5, 0.6) is 5.75 Å². The first-order valence-electron chi connectivity index (χ1n) is 10.4. The molecule has 0 radical (unpaired) electrons. The second-order valence-electron chi connectivity index (χ2n) is 8.38. The number of rotatable bonds is 9. The topological polar surface area (TPSA) is 51.5 Å². The second kappa shape index (κ2) is 10.6. The van der Waals surface area contributed by atoms with Crippen LogP contribution in [0.2, 0.25) is 0 Å². The number of aryl methyl sites for hydroxylation is 1. The number of ether oxygens (including phenoxy) is 1. The lowest BCUT2D eigenvalue weighted by atomic mass is 9.98. The Balaban J connectivity index is 0.00000320. The standard InChI is InChI=1S/C25H31NO3.ClH/c1-5-9-22-23(20-10-6-7-11-21(20)29-22)24(27)18-12-14-19(15-13-18)28-17-8-16-26-25(2,3)4;/h6-7,10-15,26H,5,8-9,16-17H2,1-4H3;1H. The summed E-state index contributed by atoms with van der Waals surface area (Å²) in [5, 5.41) is 4.33. The molecule has 1 N–H and O–H groups in total. The maximum Gasteiger partial charge on any atom is 0.197 e. The van der Waals surface area contributed by atoms with Crippen LogP contribution in [0.25, 0.3) is 11.0 Å². The van der Waals surface area contributed by atoms with Gasteiger partial charge >= 0.3 is 0 Å². The van der Waals surface area contributed by atoms with Crippen molar-refractivity contribution in [2.75, 3.05) is 13.2 Å². The molecule has 0 aliphatic carbocycles. The van der Waals surface area contributed by atoms with E-state index < -0.39 is 0 Å². The molecule has 4 nitrogen and oxygen atoms in total. The third-order valence-electron chi connectivity index (χ3n) is 4.73. The van der Waals surface area contributed by atoms with Crippen molar-refractivity contribution < 1.29 is 13.9 Å². The van der Waals surface area contributed by atoms with Crippen LogP contribution < -0.4 is 10.1 Å². The molecular formula is C25H32ClNO3. The van der Waals surface area contributed by atoms with E-state index in [2.05, 4.69) is 33.0 Å². The minimum Gasteiger partial charge on any atom is -0.494 e. The van der Waals surface area contributed by atoms with Gasteiger partial charge in [0.15, 0.2) is 5.78 Å². The summed E-state index contributed by atoms with van der Waals surface area (Å²) in [5.74, 6) is 1.55. The quantitative estimate of drug-likeness (QED) is 0.325. The molecule has 3 rings (SSSR count). The first-order chi connectivity index (χ1) is 13.9. The number of benzene rings is 2. The van der Waals surface area contributed by atoms with Gasteiger partial charge in [0.2, 0.25) is 0 Å². The van der Waals surface area contributed by atoms with Crippen molar-refractivity contribution in [2.45, 2.75) is 52.5 Å². The molecular weight excluding hydrogens is 398 g/mol. The lowest BCUT2D eigenvalue weighted by Gasteiger charge is -2.20. The molecule has 0 fully saturated rings. The molecule has 162 valence electrons. The van der Waals surface area contributed by atoms with Gasteiger partial charge in [0, 0.05) is 22.9 Å². The van der Waals surface area contributed by atoms with Crippen LogP contribution in [-0.4, -0.2) is 24.5 Å². The van der Waals surface area contributed by atoms with Crippen LogP contribution in [0.1, 0.15) is 62.2 Å². The molecule has 0 aliphatic rings. The highest BCUT2D eigenvalue weighted by molar-refractivity contribution is 6.16. The Morgan fingerprint density at radius 3 is 2.43 bits per heavy atom. The van der Waals surface area contributed by atoms with E-state index in [1.54, 1.807) is 0 Å². The molecule has 0 bridgehead atoms. The van der Waals surface area contributed by atoms with Crippen LogP contribution >= 0.6 is 12.4 Å². The summed E-state index contributed by atoms with van der Waals surface area (Å²) < 4.78 is 11.8. The fourth-order valence-electron chi connectivity index (χ4n) is 3.32. The molecule has 0 amide bonds. The van der Waals surface area contributed by atoms with E-state index in [-0.39, 0.29) is 23.7 Å². The molecule has 0 saturated heterocycles. The van der Waals surface area contributed by atoms with Gasteiger partial charge in [-0.05, 0) is 70.5 Å². The monoisotopic (exact) mass is 429 g/mol. The Labute approximate surface area is 185 Å². The molecule has 2 aromatic carbocycles. The van der Waals surface area contributed by atoms with Crippen LogP contribution in [0, 0.1) is 0 Å². The molecule has 1 aromatic heterocycles. The Bertz CT molecular complexity index is 955. The van der Waals surface area contributed by atoms with Crippen molar-refractivity contribution in [3.8, 4) is 5.75 Å². The number of carbonyl (C=O) groups excluding carboxylic acids is 1. The molecule has 0 aliphatic heterocycles. The fourth-order valence-corrected chi connectivity index (χ4v) is 3.32. The zero-order valence-corrected chi connectivity index (χ0v) is 19.1. The smallest absolute Gasteiger partial charge is 0.197 e. The minimum absolute atomic E-state index is 0. The van der Waals surface area contributed by atoms with Gasteiger partial charge < -0.3 is 14.5 Å². The highest BCUT2D eigenvalue weighted by atomic mass is 35.5. The summed E-state index contributed by atoms with van der Waals surface area (Å²) >= 11 is 0. The largest absolute Gasteiger partial charge is 0.494 e. The van der Waals surface area contributed by atoms with E-state index in [1.165, 1.54) is 0 Å². The summed E-state index contributed by atoms with van der Waals surface area (Å²) in [6.45, 7) is 10.1. The van der Waals surface area contributed by atoms with Gasteiger partial charge in [-0.3, -0.25) is 4.79 Å². The van der Waals surface area contributed by atoms with Gasteiger partial charge in [0.25, 0.3) is 0 Å². The van der Waals surface area contributed by atoms with E-state index in [0.717, 1.165) is 48.3 Å². The third kappa shape index (κ3) is 6.10. The number of halogens is 1. The Hall–Kier alpha value is -2.30. The van der Waals surface area contributed by atoms with Gasteiger partial charge in [-0.2, -0.15) is 0 Å². The van der Waals surface area contributed by atoms with E-state index in [1.807, 2.05) is 48.5 Å². The summed E-state index contributed by atoms with van der Waals surface area (Å²) in [6, 6.07) is 15.1. The predicted molar refractivity (Wildman–Crippen MR) is 125 cm³/mol. The maximum absolute atomic E-state index is 13.2. The molecule has 0 saturated carbocycles. The summed E-state index contributed by atoms with van der Waals surface area (Å²) in [6.07, 6.45) is 2.61. The number of para-hydroxylation sites is 1. The molecule has 1 heterocycles. The molecule has 5 heteroatoms. The summed E-state index contributed by atoms with van der Waals surface area (Å²) in [4.78, 5) is 13.2. The SMILES string of the molecule is CCCc1oc2ccccc2c1C(=O)c1ccc(OCCCNC(C)(C)C)cc1.Cl. The lowest BCUT2D eigenvalue weighted by molar-refractivity contribution is 0.103. The first kappa shape index (κ1) is 24.0. The Morgan fingerprint density at radius 1 is 1.07 bits per heavy atom. The number of carbonyl (C=O) groups is 1. The van der Waals surface area contributed by atoms with Gasteiger partial charge in [0.05, 0.1) is 12.2 Å². The van der Waals surface area contributed by atoms with Gasteiger partial charge in [-0.15, -0.1) is 12.4 Å².